The Kier molecular flexibility index (Phi) is 4.26. The molecule has 1 fully saturated rings. The third-order valence-corrected chi connectivity index (χ3v) is 3.30. The van der Waals surface area contributed by atoms with Crippen LogP contribution in [-0.4, -0.2) is 24.4 Å². The lowest BCUT2D eigenvalue weighted by Gasteiger charge is -2.16. The summed E-state index contributed by atoms with van der Waals surface area (Å²) in [6.07, 6.45) is -3.57. The monoisotopic (exact) mass is 293 g/mol. The average Bonchev–Trinajstić information content (AvgIpc) is 2.60. The Bertz CT molecular complexity index is 450. The molecule has 0 bridgehead atoms. The maximum absolute atomic E-state index is 12.2. The highest BCUT2D eigenvalue weighted by atomic mass is 35.5. The van der Waals surface area contributed by atoms with Crippen molar-refractivity contribution in [3.63, 3.8) is 0 Å². The average molecular weight is 294 g/mol. The highest BCUT2D eigenvalue weighted by Crippen LogP contribution is 2.28. The highest BCUT2D eigenvalue weighted by molar-refractivity contribution is 6.30. The van der Waals surface area contributed by atoms with Crippen molar-refractivity contribution >= 4 is 11.6 Å². The Labute approximate surface area is 115 Å². The van der Waals surface area contributed by atoms with Gasteiger partial charge in [0, 0.05) is 18.1 Å². The van der Waals surface area contributed by atoms with E-state index in [4.69, 9.17) is 11.6 Å². The molecule has 0 spiro atoms. The third-order valence-electron chi connectivity index (χ3n) is 3.08. The molecule has 106 valence electrons. The number of alkyl halides is 3. The molecule has 1 aliphatic heterocycles. The van der Waals surface area contributed by atoms with Gasteiger partial charge in [0.15, 0.2) is 0 Å². The standard InChI is InChI=1S/C13H15ClF3NO/c1-9-2-3-18(7-9)8-10-4-11(14)6-12(5-10)19-13(15,16)17/h4-6,9H,2-3,7-8H2,1H3. The van der Waals surface area contributed by atoms with E-state index >= 15 is 0 Å². The second kappa shape index (κ2) is 5.59. The zero-order valence-corrected chi connectivity index (χ0v) is 11.3. The van der Waals surface area contributed by atoms with Gasteiger partial charge in [-0.3, -0.25) is 4.90 Å². The van der Waals surface area contributed by atoms with Crippen LogP contribution in [0.2, 0.25) is 5.02 Å². The summed E-state index contributed by atoms with van der Waals surface area (Å²) < 4.78 is 40.5. The summed E-state index contributed by atoms with van der Waals surface area (Å²) in [6, 6.07) is 4.24. The molecule has 0 radical (unpaired) electrons. The van der Waals surface area contributed by atoms with Gasteiger partial charge in [-0.25, -0.2) is 0 Å². The first kappa shape index (κ1) is 14.5. The third kappa shape index (κ3) is 4.58. The van der Waals surface area contributed by atoms with Gasteiger partial charge in [-0.1, -0.05) is 18.5 Å². The van der Waals surface area contributed by atoms with Crippen LogP contribution < -0.4 is 4.74 Å². The number of hydrogen-bond donors (Lipinski definition) is 0. The van der Waals surface area contributed by atoms with E-state index in [0.717, 1.165) is 25.1 Å². The SMILES string of the molecule is CC1CCN(Cc2cc(Cl)cc(OC(F)(F)F)c2)C1. The smallest absolute Gasteiger partial charge is 0.406 e. The molecule has 1 aromatic carbocycles. The molecule has 2 nitrogen and oxygen atoms in total. The first-order chi connectivity index (χ1) is 8.82. The largest absolute Gasteiger partial charge is 0.573 e. The van der Waals surface area contributed by atoms with Crippen molar-refractivity contribution in [2.24, 2.45) is 5.92 Å². The van der Waals surface area contributed by atoms with Crippen molar-refractivity contribution in [1.29, 1.82) is 0 Å². The van der Waals surface area contributed by atoms with Crippen LogP contribution in [0.3, 0.4) is 0 Å². The van der Waals surface area contributed by atoms with E-state index in [1.54, 1.807) is 6.07 Å². The number of rotatable bonds is 3. The normalized spacial score (nSPS) is 20.8. The van der Waals surface area contributed by atoms with Gasteiger partial charge < -0.3 is 4.74 Å². The fourth-order valence-corrected chi connectivity index (χ4v) is 2.58. The first-order valence-electron chi connectivity index (χ1n) is 6.09. The van der Waals surface area contributed by atoms with E-state index in [1.807, 2.05) is 0 Å². The molecule has 6 heteroatoms. The fraction of sp³-hybridized carbons (Fsp3) is 0.538. The molecular weight excluding hydrogens is 279 g/mol. The van der Waals surface area contributed by atoms with Gasteiger partial charge in [-0.2, -0.15) is 0 Å². The molecule has 0 amide bonds. The predicted molar refractivity (Wildman–Crippen MR) is 67.2 cm³/mol. The molecule has 19 heavy (non-hydrogen) atoms. The van der Waals surface area contributed by atoms with Gasteiger partial charge in [0.2, 0.25) is 0 Å². The zero-order chi connectivity index (χ0) is 14.0. The Morgan fingerprint density at radius 1 is 1.37 bits per heavy atom. The molecule has 0 saturated carbocycles. The summed E-state index contributed by atoms with van der Waals surface area (Å²) in [5.74, 6) is 0.368. The van der Waals surface area contributed by atoms with Crippen LogP contribution in [0.25, 0.3) is 0 Å². The van der Waals surface area contributed by atoms with E-state index in [2.05, 4.69) is 16.6 Å². The first-order valence-corrected chi connectivity index (χ1v) is 6.47. The molecule has 1 aliphatic rings. The number of nitrogens with zero attached hydrogens (tertiary/aromatic N) is 1. The molecule has 0 N–H and O–H groups in total. The molecular formula is C13H15ClF3NO. The van der Waals surface area contributed by atoms with Crippen molar-refractivity contribution in [2.75, 3.05) is 13.1 Å². The van der Waals surface area contributed by atoms with Crippen molar-refractivity contribution in [2.45, 2.75) is 26.3 Å². The number of halogens is 4. The molecule has 0 aliphatic carbocycles. The molecule has 1 atom stereocenters. The van der Waals surface area contributed by atoms with E-state index in [1.165, 1.54) is 12.1 Å². The zero-order valence-electron chi connectivity index (χ0n) is 10.5. The summed E-state index contributed by atoms with van der Waals surface area (Å²) in [4.78, 5) is 2.20. The fourth-order valence-electron chi connectivity index (χ4n) is 2.33. The van der Waals surface area contributed by atoms with Crippen LogP contribution in [-0.2, 0) is 6.54 Å². The van der Waals surface area contributed by atoms with Crippen LogP contribution >= 0.6 is 11.6 Å². The van der Waals surface area contributed by atoms with Gasteiger partial charge in [-0.05, 0) is 42.6 Å². The van der Waals surface area contributed by atoms with E-state index < -0.39 is 6.36 Å². The molecule has 0 aromatic heterocycles. The van der Waals surface area contributed by atoms with Crippen molar-refractivity contribution in [3.05, 3.63) is 28.8 Å². The van der Waals surface area contributed by atoms with E-state index in [9.17, 15) is 13.2 Å². The summed E-state index contributed by atoms with van der Waals surface area (Å²) >= 11 is 5.83. The Morgan fingerprint density at radius 3 is 2.68 bits per heavy atom. The maximum Gasteiger partial charge on any atom is 0.573 e. The van der Waals surface area contributed by atoms with Crippen LogP contribution in [0.4, 0.5) is 13.2 Å². The summed E-state index contributed by atoms with van der Waals surface area (Å²) in [6.45, 7) is 4.68. The quantitative estimate of drug-likeness (QED) is 0.832. The van der Waals surface area contributed by atoms with Gasteiger partial charge >= 0.3 is 6.36 Å². The van der Waals surface area contributed by atoms with Crippen molar-refractivity contribution in [3.8, 4) is 5.75 Å². The van der Waals surface area contributed by atoms with Crippen LogP contribution in [0.15, 0.2) is 18.2 Å². The summed E-state index contributed by atoms with van der Waals surface area (Å²) in [5, 5.41) is 0.254. The van der Waals surface area contributed by atoms with Crippen LogP contribution in [0, 0.1) is 5.92 Å². The summed E-state index contributed by atoms with van der Waals surface area (Å²) in [7, 11) is 0. The molecule has 1 saturated heterocycles. The molecule has 2 rings (SSSR count). The molecule has 1 aromatic rings. The van der Waals surface area contributed by atoms with Crippen molar-refractivity contribution < 1.29 is 17.9 Å². The number of likely N-dealkylation sites (tertiary alicyclic amines) is 1. The topological polar surface area (TPSA) is 12.5 Å². The lowest BCUT2D eigenvalue weighted by Crippen LogP contribution is -2.20. The second-order valence-corrected chi connectivity index (χ2v) is 5.41. The van der Waals surface area contributed by atoms with Gasteiger partial charge in [0.05, 0.1) is 0 Å². The highest BCUT2D eigenvalue weighted by Gasteiger charge is 2.31. The lowest BCUT2D eigenvalue weighted by atomic mass is 10.2. The predicted octanol–water partition coefficient (Wildman–Crippen LogP) is 4.08. The van der Waals surface area contributed by atoms with Gasteiger partial charge in [-0.15, -0.1) is 13.2 Å². The number of ether oxygens (including phenoxy) is 1. The lowest BCUT2D eigenvalue weighted by molar-refractivity contribution is -0.274. The minimum atomic E-state index is -4.69. The number of benzene rings is 1. The second-order valence-electron chi connectivity index (χ2n) is 4.97. The summed E-state index contributed by atoms with van der Waals surface area (Å²) in [5.41, 5.74) is 0.737. The number of hydrogen-bond acceptors (Lipinski definition) is 2. The molecule has 1 unspecified atom stereocenters. The Morgan fingerprint density at radius 2 is 2.11 bits per heavy atom. The molecule has 1 heterocycles. The Balaban J connectivity index is 2.08. The minimum absolute atomic E-state index is 0.254. The van der Waals surface area contributed by atoms with Crippen molar-refractivity contribution in [1.82, 2.24) is 4.90 Å². The van der Waals surface area contributed by atoms with Crippen LogP contribution in [0.1, 0.15) is 18.9 Å². The maximum atomic E-state index is 12.2. The van der Waals surface area contributed by atoms with E-state index in [-0.39, 0.29) is 10.8 Å². The van der Waals surface area contributed by atoms with E-state index in [0.29, 0.717) is 12.5 Å². The van der Waals surface area contributed by atoms with Gasteiger partial charge in [0.1, 0.15) is 5.75 Å². The van der Waals surface area contributed by atoms with Crippen LogP contribution in [0.5, 0.6) is 5.75 Å². The minimum Gasteiger partial charge on any atom is -0.406 e. The van der Waals surface area contributed by atoms with Gasteiger partial charge in [0.25, 0.3) is 0 Å². The Hall–Kier alpha value is -0.940.